The maximum Gasteiger partial charge on any atom is 0.377 e. The normalized spacial score (nSPS) is 10.6. The first-order valence-corrected chi connectivity index (χ1v) is 5.81. The average molecular weight is 267 g/mol. The van der Waals surface area contributed by atoms with E-state index in [1.165, 1.54) is 12.5 Å². The lowest BCUT2D eigenvalue weighted by Crippen LogP contribution is -2.12. The van der Waals surface area contributed by atoms with Gasteiger partial charge >= 0.3 is 5.97 Å². The van der Waals surface area contributed by atoms with Crippen molar-refractivity contribution in [2.45, 2.75) is 0 Å². The first-order chi connectivity index (χ1) is 9.68. The molecule has 0 saturated carbocycles. The van der Waals surface area contributed by atoms with Gasteiger partial charge in [0, 0.05) is 11.6 Å². The van der Waals surface area contributed by atoms with Crippen LogP contribution in [0.15, 0.2) is 49.2 Å². The van der Waals surface area contributed by atoms with Gasteiger partial charge in [0.25, 0.3) is 5.78 Å². The zero-order valence-corrected chi connectivity index (χ0v) is 10.2. The third kappa shape index (κ3) is 1.83. The number of aliphatic carboxylic acids is 1. The number of carboxylic acids is 1. The number of aromatic nitrogens is 3. The summed E-state index contributed by atoms with van der Waals surface area (Å²) in [6, 6.07) is 7.09. The molecule has 0 amide bonds. The van der Waals surface area contributed by atoms with E-state index in [-0.39, 0.29) is 5.56 Å². The molecule has 20 heavy (non-hydrogen) atoms. The summed E-state index contributed by atoms with van der Waals surface area (Å²) in [5, 5.41) is 9.48. The Balaban J connectivity index is 2.30. The van der Waals surface area contributed by atoms with Gasteiger partial charge in [-0.15, -0.1) is 0 Å². The van der Waals surface area contributed by atoms with Crippen molar-refractivity contribution < 1.29 is 14.7 Å². The summed E-state index contributed by atoms with van der Waals surface area (Å²) in [7, 11) is 0. The highest BCUT2D eigenvalue weighted by molar-refractivity contribution is 6.42. The number of fused-ring (bicyclic) bond motifs is 1. The zero-order valence-electron chi connectivity index (χ0n) is 10.2. The molecule has 3 aromatic rings. The van der Waals surface area contributed by atoms with Gasteiger partial charge in [0.05, 0.1) is 29.2 Å². The molecule has 0 bridgehead atoms. The van der Waals surface area contributed by atoms with E-state index < -0.39 is 11.8 Å². The van der Waals surface area contributed by atoms with E-state index >= 15 is 0 Å². The topological polar surface area (TPSA) is 85.1 Å². The van der Waals surface area contributed by atoms with Crippen LogP contribution >= 0.6 is 0 Å². The Bertz CT molecular complexity index is 809. The molecule has 98 valence electrons. The second-order valence-electron chi connectivity index (χ2n) is 4.16. The Morgan fingerprint density at radius 3 is 2.50 bits per heavy atom. The minimum Gasteiger partial charge on any atom is -0.475 e. The van der Waals surface area contributed by atoms with Crippen molar-refractivity contribution in [3.63, 3.8) is 0 Å². The molecule has 2 heterocycles. The van der Waals surface area contributed by atoms with Crippen LogP contribution in [-0.4, -0.2) is 31.4 Å². The number of benzene rings is 1. The zero-order chi connectivity index (χ0) is 14.1. The van der Waals surface area contributed by atoms with Gasteiger partial charge in [0.1, 0.15) is 6.33 Å². The molecule has 2 aromatic heterocycles. The average Bonchev–Trinajstić information content (AvgIpc) is 2.87. The lowest BCUT2D eigenvalue weighted by atomic mass is 10.1. The van der Waals surface area contributed by atoms with Crippen LogP contribution in [0.1, 0.15) is 10.4 Å². The molecule has 0 fully saturated rings. The van der Waals surface area contributed by atoms with Crippen molar-refractivity contribution in [3.8, 4) is 5.69 Å². The third-order valence-corrected chi connectivity index (χ3v) is 2.98. The first kappa shape index (κ1) is 12.0. The number of carbonyl (C=O) groups excluding carboxylic acids is 1. The summed E-state index contributed by atoms with van der Waals surface area (Å²) in [5.41, 5.74) is 1.54. The van der Waals surface area contributed by atoms with Crippen molar-refractivity contribution in [2.75, 3.05) is 0 Å². The quantitative estimate of drug-likeness (QED) is 0.576. The molecular weight excluding hydrogens is 258 g/mol. The largest absolute Gasteiger partial charge is 0.475 e. The van der Waals surface area contributed by atoms with Gasteiger partial charge in [-0.3, -0.25) is 4.79 Å². The SMILES string of the molecule is O=C(O)C(=O)c1cn(-c2cncnc2)c2ccccc12. The van der Waals surface area contributed by atoms with Crippen molar-refractivity contribution in [1.29, 1.82) is 0 Å². The second kappa shape index (κ2) is 4.58. The highest BCUT2D eigenvalue weighted by Crippen LogP contribution is 2.24. The van der Waals surface area contributed by atoms with Crippen LogP contribution in [0.5, 0.6) is 0 Å². The summed E-state index contributed by atoms with van der Waals surface area (Å²) in [4.78, 5) is 30.5. The number of carboxylic acid groups (broad SMARTS) is 1. The molecule has 0 spiro atoms. The summed E-state index contributed by atoms with van der Waals surface area (Å²) in [6.07, 6.45) is 6.08. The number of hydrogen-bond donors (Lipinski definition) is 1. The summed E-state index contributed by atoms with van der Waals surface area (Å²) in [6.45, 7) is 0. The van der Waals surface area contributed by atoms with Crippen molar-refractivity contribution in [2.24, 2.45) is 0 Å². The standard InChI is InChI=1S/C14H9N3O3/c18-13(14(19)20)11-7-17(9-5-15-8-16-6-9)12-4-2-1-3-10(11)12/h1-8H,(H,19,20). The predicted molar refractivity (Wildman–Crippen MR) is 70.8 cm³/mol. The molecule has 0 aliphatic carbocycles. The van der Waals surface area contributed by atoms with E-state index in [0.717, 1.165) is 5.52 Å². The predicted octanol–water partition coefficient (Wildman–Crippen LogP) is 1.69. The minimum absolute atomic E-state index is 0.150. The number of hydrogen-bond acceptors (Lipinski definition) is 4. The van der Waals surface area contributed by atoms with Gasteiger partial charge in [-0.25, -0.2) is 14.8 Å². The monoisotopic (exact) mass is 267 g/mol. The Morgan fingerprint density at radius 2 is 1.80 bits per heavy atom. The van der Waals surface area contributed by atoms with Crippen molar-refractivity contribution in [3.05, 3.63) is 54.7 Å². The van der Waals surface area contributed by atoms with Gasteiger partial charge in [-0.1, -0.05) is 18.2 Å². The van der Waals surface area contributed by atoms with Crippen LogP contribution in [0.25, 0.3) is 16.6 Å². The summed E-state index contributed by atoms with van der Waals surface area (Å²) in [5.74, 6) is -2.41. The van der Waals surface area contributed by atoms with E-state index in [2.05, 4.69) is 9.97 Å². The molecule has 3 rings (SSSR count). The smallest absolute Gasteiger partial charge is 0.377 e. The van der Waals surface area contributed by atoms with Crippen LogP contribution in [0, 0.1) is 0 Å². The van der Waals surface area contributed by atoms with E-state index in [9.17, 15) is 9.59 Å². The Labute approximate surface area is 113 Å². The summed E-state index contributed by atoms with van der Waals surface area (Å²) < 4.78 is 1.70. The van der Waals surface area contributed by atoms with Crippen molar-refractivity contribution in [1.82, 2.24) is 14.5 Å². The molecule has 0 radical (unpaired) electrons. The van der Waals surface area contributed by atoms with E-state index in [4.69, 9.17) is 5.11 Å². The van der Waals surface area contributed by atoms with Crippen LogP contribution in [-0.2, 0) is 4.79 Å². The van der Waals surface area contributed by atoms with E-state index in [0.29, 0.717) is 11.1 Å². The molecule has 0 aliphatic rings. The molecule has 1 N–H and O–H groups in total. The van der Waals surface area contributed by atoms with Crippen LogP contribution in [0.2, 0.25) is 0 Å². The molecule has 0 atom stereocenters. The molecule has 6 heteroatoms. The number of Topliss-reactive ketones (excluding diaryl/α,β-unsaturated/α-hetero) is 1. The molecular formula is C14H9N3O3. The van der Waals surface area contributed by atoms with Gasteiger partial charge < -0.3 is 9.67 Å². The molecule has 6 nitrogen and oxygen atoms in total. The number of para-hydroxylation sites is 1. The van der Waals surface area contributed by atoms with E-state index in [1.54, 1.807) is 35.2 Å². The minimum atomic E-state index is -1.47. The third-order valence-electron chi connectivity index (χ3n) is 2.98. The maximum atomic E-state index is 11.8. The fraction of sp³-hybridized carbons (Fsp3) is 0. The molecule has 1 aromatic carbocycles. The lowest BCUT2D eigenvalue weighted by molar-refractivity contribution is -0.131. The molecule has 0 unspecified atom stereocenters. The number of rotatable bonds is 3. The van der Waals surface area contributed by atoms with Gasteiger partial charge in [-0.05, 0) is 6.07 Å². The molecule has 0 saturated heterocycles. The van der Waals surface area contributed by atoms with Gasteiger partial charge in [-0.2, -0.15) is 0 Å². The number of nitrogens with zero attached hydrogens (tertiary/aromatic N) is 3. The van der Waals surface area contributed by atoms with Crippen molar-refractivity contribution >= 4 is 22.7 Å². The second-order valence-corrected chi connectivity index (χ2v) is 4.16. The maximum absolute atomic E-state index is 11.8. The Morgan fingerprint density at radius 1 is 1.10 bits per heavy atom. The number of carbonyl (C=O) groups is 2. The van der Waals surface area contributed by atoms with Gasteiger partial charge in [0.15, 0.2) is 0 Å². The van der Waals surface area contributed by atoms with Crippen LogP contribution in [0.3, 0.4) is 0 Å². The van der Waals surface area contributed by atoms with E-state index in [1.807, 2.05) is 6.07 Å². The van der Waals surface area contributed by atoms with Gasteiger partial charge in [0.2, 0.25) is 0 Å². The fourth-order valence-corrected chi connectivity index (χ4v) is 2.11. The van der Waals surface area contributed by atoms with Crippen LogP contribution < -0.4 is 0 Å². The Hall–Kier alpha value is -3.02. The summed E-state index contributed by atoms with van der Waals surface area (Å²) >= 11 is 0. The Kier molecular flexibility index (Phi) is 2.76. The van der Waals surface area contributed by atoms with Crippen LogP contribution in [0.4, 0.5) is 0 Å². The highest BCUT2D eigenvalue weighted by Gasteiger charge is 2.21. The highest BCUT2D eigenvalue weighted by atomic mass is 16.4. The lowest BCUT2D eigenvalue weighted by Gasteiger charge is -2.02. The molecule has 0 aliphatic heterocycles. The fourth-order valence-electron chi connectivity index (χ4n) is 2.11. The first-order valence-electron chi connectivity index (χ1n) is 5.81. The number of ketones is 1.